The van der Waals surface area contributed by atoms with E-state index in [0.29, 0.717) is 38.1 Å². The van der Waals surface area contributed by atoms with Gasteiger partial charge in [0.15, 0.2) is 0 Å². The van der Waals surface area contributed by atoms with Crippen molar-refractivity contribution < 1.29 is 19.5 Å². The number of carbonyl (C=O) groups excluding carboxylic acids is 2. The van der Waals surface area contributed by atoms with Crippen LogP contribution < -0.4 is 10.6 Å². The summed E-state index contributed by atoms with van der Waals surface area (Å²) in [7, 11) is 0. The number of nitriles is 1. The van der Waals surface area contributed by atoms with E-state index < -0.39 is 17.9 Å². The zero-order valence-corrected chi connectivity index (χ0v) is 15.1. The zero-order valence-electron chi connectivity index (χ0n) is 14.3. The van der Waals surface area contributed by atoms with E-state index in [9.17, 15) is 14.4 Å². The molecule has 1 heterocycles. The summed E-state index contributed by atoms with van der Waals surface area (Å²) in [6, 6.07) is 0.922. The SMILES string of the molecule is CSCCC(N/C=C(/C#N)C(=O)NCCCN1CCCC1=O)C(=O)O. The largest absolute Gasteiger partial charge is 0.480 e. The van der Waals surface area contributed by atoms with Crippen LogP contribution in [0, 0.1) is 11.3 Å². The summed E-state index contributed by atoms with van der Waals surface area (Å²) in [6.45, 7) is 1.68. The van der Waals surface area contributed by atoms with Gasteiger partial charge in [0, 0.05) is 32.3 Å². The molecule has 1 fully saturated rings. The Kier molecular flexibility index (Phi) is 9.47. The summed E-state index contributed by atoms with van der Waals surface area (Å²) in [5.41, 5.74) is -0.173. The van der Waals surface area contributed by atoms with Crippen molar-refractivity contribution in [2.24, 2.45) is 0 Å². The van der Waals surface area contributed by atoms with Crippen molar-refractivity contribution in [2.75, 3.05) is 31.6 Å². The molecule has 1 saturated heterocycles. The fourth-order valence-electron chi connectivity index (χ4n) is 2.35. The van der Waals surface area contributed by atoms with Crippen LogP contribution in [0.15, 0.2) is 11.8 Å². The molecule has 8 nitrogen and oxygen atoms in total. The van der Waals surface area contributed by atoms with Crippen LogP contribution in [0.3, 0.4) is 0 Å². The predicted octanol–water partition coefficient (Wildman–Crippen LogP) is 0.318. The van der Waals surface area contributed by atoms with Crippen LogP contribution in [0.25, 0.3) is 0 Å². The van der Waals surface area contributed by atoms with Gasteiger partial charge in [-0.1, -0.05) is 0 Å². The van der Waals surface area contributed by atoms with E-state index in [4.69, 9.17) is 10.4 Å². The van der Waals surface area contributed by atoms with E-state index in [1.807, 2.05) is 6.26 Å². The van der Waals surface area contributed by atoms with Crippen molar-refractivity contribution >= 4 is 29.5 Å². The number of amides is 2. The molecule has 1 atom stereocenters. The molecule has 138 valence electrons. The Morgan fingerprint density at radius 1 is 1.52 bits per heavy atom. The van der Waals surface area contributed by atoms with E-state index in [1.165, 1.54) is 11.8 Å². The molecule has 1 unspecified atom stereocenters. The topological polar surface area (TPSA) is 123 Å². The van der Waals surface area contributed by atoms with Crippen LogP contribution in [0.4, 0.5) is 0 Å². The van der Waals surface area contributed by atoms with Gasteiger partial charge in [-0.2, -0.15) is 17.0 Å². The summed E-state index contributed by atoms with van der Waals surface area (Å²) in [5.74, 6) is -0.797. The van der Waals surface area contributed by atoms with Crippen molar-refractivity contribution in [2.45, 2.75) is 31.7 Å². The van der Waals surface area contributed by atoms with E-state index in [0.717, 1.165) is 19.2 Å². The van der Waals surface area contributed by atoms with Crippen molar-refractivity contribution in [3.63, 3.8) is 0 Å². The molecule has 0 radical (unpaired) electrons. The zero-order chi connectivity index (χ0) is 18.7. The number of rotatable bonds is 11. The van der Waals surface area contributed by atoms with Crippen LogP contribution in [0.2, 0.25) is 0 Å². The van der Waals surface area contributed by atoms with Gasteiger partial charge in [0.25, 0.3) is 5.91 Å². The second kappa shape index (κ2) is 11.4. The molecular formula is C16H24N4O4S. The highest BCUT2D eigenvalue weighted by molar-refractivity contribution is 7.98. The molecule has 1 aliphatic heterocycles. The lowest BCUT2D eigenvalue weighted by Crippen LogP contribution is -2.35. The van der Waals surface area contributed by atoms with E-state index in [-0.39, 0.29) is 11.5 Å². The number of hydrogen-bond donors (Lipinski definition) is 3. The van der Waals surface area contributed by atoms with Crippen LogP contribution >= 0.6 is 11.8 Å². The number of likely N-dealkylation sites (tertiary alicyclic amines) is 1. The molecule has 0 aromatic rings. The van der Waals surface area contributed by atoms with Crippen LogP contribution in [-0.2, 0) is 14.4 Å². The smallest absolute Gasteiger partial charge is 0.326 e. The Morgan fingerprint density at radius 2 is 2.28 bits per heavy atom. The fourth-order valence-corrected chi connectivity index (χ4v) is 2.83. The molecule has 9 heteroatoms. The van der Waals surface area contributed by atoms with Crippen molar-refractivity contribution in [1.82, 2.24) is 15.5 Å². The summed E-state index contributed by atoms with van der Waals surface area (Å²) < 4.78 is 0. The highest BCUT2D eigenvalue weighted by Gasteiger charge is 2.19. The van der Waals surface area contributed by atoms with E-state index in [1.54, 1.807) is 11.0 Å². The molecular weight excluding hydrogens is 344 g/mol. The number of thioether (sulfide) groups is 1. The second-order valence-electron chi connectivity index (χ2n) is 5.60. The molecule has 2 amide bonds. The standard InChI is InChI=1S/C16H24N4O4S/c1-25-9-5-13(16(23)24)19-11-12(10-17)15(22)18-6-3-8-20-7-2-4-14(20)21/h11,13,19H,2-9H2,1H3,(H,18,22)(H,23,24)/b12-11-. The maximum absolute atomic E-state index is 12.0. The molecule has 3 N–H and O–H groups in total. The summed E-state index contributed by atoms with van der Waals surface area (Å²) in [6.07, 6.45) is 5.48. The normalized spacial score (nSPS) is 15.6. The third-order valence-electron chi connectivity index (χ3n) is 3.76. The number of carbonyl (C=O) groups is 3. The first kappa shape index (κ1) is 20.8. The van der Waals surface area contributed by atoms with Crippen molar-refractivity contribution in [1.29, 1.82) is 5.26 Å². The number of aliphatic carboxylic acids is 1. The highest BCUT2D eigenvalue weighted by atomic mass is 32.2. The Labute approximate surface area is 151 Å². The third-order valence-corrected chi connectivity index (χ3v) is 4.41. The quantitative estimate of drug-likeness (QED) is 0.273. The predicted molar refractivity (Wildman–Crippen MR) is 94.7 cm³/mol. The van der Waals surface area contributed by atoms with Gasteiger partial charge in [0.1, 0.15) is 17.7 Å². The van der Waals surface area contributed by atoms with Gasteiger partial charge < -0.3 is 20.6 Å². The number of carboxylic acids is 1. The number of nitrogens with zero attached hydrogens (tertiary/aromatic N) is 2. The molecule has 0 aromatic heterocycles. The van der Waals surface area contributed by atoms with Gasteiger partial charge in [-0.25, -0.2) is 4.79 Å². The fraction of sp³-hybridized carbons (Fsp3) is 0.625. The lowest BCUT2D eigenvalue weighted by molar-refractivity contribution is -0.139. The van der Waals surface area contributed by atoms with Crippen molar-refractivity contribution in [3.05, 3.63) is 11.8 Å². The lowest BCUT2D eigenvalue weighted by atomic mass is 10.2. The maximum atomic E-state index is 12.0. The molecule has 0 bridgehead atoms. The van der Waals surface area contributed by atoms with Crippen LogP contribution in [0.5, 0.6) is 0 Å². The maximum Gasteiger partial charge on any atom is 0.326 e. The molecule has 0 aliphatic carbocycles. The second-order valence-corrected chi connectivity index (χ2v) is 6.59. The number of hydrogen-bond acceptors (Lipinski definition) is 6. The average molecular weight is 368 g/mol. The highest BCUT2D eigenvalue weighted by Crippen LogP contribution is 2.09. The minimum absolute atomic E-state index is 0.137. The summed E-state index contributed by atoms with van der Waals surface area (Å²) in [4.78, 5) is 36.3. The van der Waals surface area contributed by atoms with E-state index >= 15 is 0 Å². The molecule has 0 saturated carbocycles. The van der Waals surface area contributed by atoms with Crippen LogP contribution in [0.1, 0.15) is 25.7 Å². The Hall–Kier alpha value is -2.21. The van der Waals surface area contributed by atoms with E-state index in [2.05, 4.69) is 10.6 Å². The van der Waals surface area contributed by atoms with Gasteiger partial charge in [-0.05, 0) is 31.3 Å². The number of nitrogens with one attached hydrogen (secondary N) is 2. The molecule has 1 rings (SSSR count). The lowest BCUT2D eigenvalue weighted by Gasteiger charge is -2.15. The van der Waals surface area contributed by atoms with Gasteiger partial charge >= 0.3 is 5.97 Å². The minimum Gasteiger partial charge on any atom is -0.480 e. The Bertz CT molecular complexity index is 559. The first-order chi connectivity index (χ1) is 12.0. The molecule has 0 spiro atoms. The van der Waals surface area contributed by atoms with Gasteiger partial charge in [0.2, 0.25) is 5.91 Å². The van der Waals surface area contributed by atoms with Gasteiger partial charge in [-0.3, -0.25) is 9.59 Å². The summed E-state index contributed by atoms with van der Waals surface area (Å²) >= 11 is 1.52. The molecule has 0 aromatic carbocycles. The van der Waals surface area contributed by atoms with Gasteiger partial charge in [0.05, 0.1) is 0 Å². The van der Waals surface area contributed by atoms with Crippen molar-refractivity contribution in [3.8, 4) is 6.07 Å². The molecule has 25 heavy (non-hydrogen) atoms. The first-order valence-electron chi connectivity index (χ1n) is 8.13. The summed E-state index contributed by atoms with van der Waals surface area (Å²) in [5, 5.41) is 23.4. The minimum atomic E-state index is -1.03. The van der Waals surface area contributed by atoms with Crippen LogP contribution in [-0.4, -0.2) is 65.5 Å². The Morgan fingerprint density at radius 3 is 2.84 bits per heavy atom. The monoisotopic (exact) mass is 368 g/mol. The molecule has 1 aliphatic rings. The third kappa shape index (κ3) is 7.47. The first-order valence-corrected chi connectivity index (χ1v) is 9.53. The Balaban J connectivity index is 2.40. The average Bonchev–Trinajstić information content (AvgIpc) is 2.99. The van der Waals surface area contributed by atoms with Gasteiger partial charge in [-0.15, -0.1) is 0 Å². The number of carboxylic acid groups (broad SMARTS) is 1.